The van der Waals surface area contributed by atoms with Crippen LogP contribution in [0.1, 0.15) is 46.5 Å². The van der Waals surface area contributed by atoms with Crippen LogP contribution in [0, 0.1) is 11.8 Å². The molecule has 1 nitrogen and oxygen atoms in total. The minimum absolute atomic E-state index is 0. The van der Waals surface area contributed by atoms with Gasteiger partial charge in [-0.1, -0.05) is 44.2 Å². The summed E-state index contributed by atoms with van der Waals surface area (Å²) in [4.78, 5) is 0. The van der Waals surface area contributed by atoms with Crippen molar-refractivity contribution in [3.63, 3.8) is 0 Å². The van der Waals surface area contributed by atoms with Crippen LogP contribution in [0.3, 0.4) is 0 Å². The van der Waals surface area contributed by atoms with Crippen LogP contribution in [-0.2, 0) is 6.42 Å². The summed E-state index contributed by atoms with van der Waals surface area (Å²) in [7, 11) is 0. The van der Waals surface area contributed by atoms with Crippen LogP contribution in [-0.4, -0.2) is 12.6 Å². The molecule has 3 atom stereocenters. The summed E-state index contributed by atoms with van der Waals surface area (Å²) in [5, 5.41) is 3.69. The number of benzene rings is 1. The summed E-state index contributed by atoms with van der Waals surface area (Å²) in [5.74, 6) is 1.91. The highest BCUT2D eigenvalue weighted by Crippen LogP contribution is 2.36. The van der Waals surface area contributed by atoms with E-state index in [4.69, 9.17) is 0 Å². The second-order valence-electron chi connectivity index (χ2n) is 5.46. The smallest absolute Gasteiger partial charge is 0.00700 e. The predicted molar refractivity (Wildman–Crippen MR) is 80.8 cm³/mol. The Labute approximate surface area is 113 Å². The molecular formula is C17H29N. The van der Waals surface area contributed by atoms with E-state index in [2.05, 4.69) is 35.6 Å². The Kier molecular flexibility index (Phi) is 5.25. The molecule has 1 aliphatic carbocycles. The fourth-order valence-electron chi connectivity index (χ4n) is 3.53. The maximum atomic E-state index is 3.69. The fraction of sp³-hybridized carbons (Fsp3) is 0.647. The Balaban J connectivity index is 0.000000576. The van der Waals surface area contributed by atoms with E-state index in [1.165, 1.54) is 44.2 Å². The molecule has 3 aliphatic rings. The summed E-state index contributed by atoms with van der Waals surface area (Å²) in [6.07, 6.45) is 6.96. The van der Waals surface area contributed by atoms with Gasteiger partial charge < -0.3 is 5.32 Å². The lowest BCUT2D eigenvalue weighted by atomic mass is 9.74. The summed E-state index contributed by atoms with van der Waals surface area (Å²) < 4.78 is 0. The van der Waals surface area contributed by atoms with Crippen LogP contribution in [0.5, 0.6) is 0 Å². The fourth-order valence-corrected chi connectivity index (χ4v) is 3.53. The normalized spacial score (nSPS) is 30.2. The van der Waals surface area contributed by atoms with Gasteiger partial charge in [0.15, 0.2) is 0 Å². The molecule has 2 bridgehead atoms. The molecule has 1 saturated carbocycles. The van der Waals surface area contributed by atoms with Crippen molar-refractivity contribution in [1.29, 1.82) is 0 Å². The van der Waals surface area contributed by atoms with Gasteiger partial charge in [0, 0.05) is 7.47 Å². The third-order valence-corrected chi connectivity index (χ3v) is 4.43. The molecule has 0 amide bonds. The molecule has 0 spiro atoms. The van der Waals surface area contributed by atoms with Gasteiger partial charge in [0.2, 0.25) is 0 Å². The van der Waals surface area contributed by atoms with Crippen molar-refractivity contribution in [3.8, 4) is 0 Å². The first-order valence-electron chi connectivity index (χ1n) is 7.69. The molecule has 2 heterocycles. The first-order valence-corrected chi connectivity index (χ1v) is 7.69. The van der Waals surface area contributed by atoms with E-state index in [1.807, 2.05) is 13.8 Å². The zero-order valence-corrected chi connectivity index (χ0v) is 11.9. The lowest BCUT2D eigenvalue weighted by Crippen LogP contribution is -2.32. The van der Waals surface area contributed by atoms with E-state index >= 15 is 0 Å². The second-order valence-corrected chi connectivity index (χ2v) is 5.46. The van der Waals surface area contributed by atoms with E-state index in [0.29, 0.717) is 0 Å². The van der Waals surface area contributed by atoms with Crippen molar-refractivity contribution in [2.24, 2.45) is 11.8 Å². The Morgan fingerprint density at radius 3 is 2.67 bits per heavy atom. The highest BCUT2D eigenvalue weighted by atomic mass is 14.9. The van der Waals surface area contributed by atoms with Crippen LogP contribution in [0.25, 0.3) is 0 Å². The Morgan fingerprint density at radius 1 is 1.11 bits per heavy atom. The molecule has 2 saturated heterocycles. The predicted octanol–water partition coefficient (Wildman–Crippen LogP) is 4.28. The van der Waals surface area contributed by atoms with E-state index in [9.17, 15) is 0 Å². The van der Waals surface area contributed by atoms with Crippen molar-refractivity contribution in [3.05, 3.63) is 35.9 Å². The third kappa shape index (κ3) is 3.35. The largest absolute Gasteiger partial charge is 0.314 e. The minimum Gasteiger partial charge on any atom is -0.314 e. The lowest BCUT2D eigenvalue weighted by molar-refractivity contribution is 0.228. The highest BCUT2D eigenvalue weighted by molar-refractivity contribution is 5.15. The van der Waals surface area contributed by atoms with Gasteiger partial charge in [-0.15, -0.1) is 0 Å². The third-order valence-electron chi connectivity index (χ3n) is 4.43. The van der Waals surface area contributed by atoms with Gasteiger partial charge in [-0.05, 0) is 56.0 Å². The Morgan fingerprint density at radius 2 is 1.89 bits per heavy atom. The summed E-state index contributed by atoms with van der Waals surface area (Å²) in [5.41, 5.74) is 1.53. The number of nitrogens with one attached hydrogen (secondary N) is 1. The lowest BCUT2D eigenvalue weighted by Gasteiger charge is -2.32. The van der Waals surface area contributed by atoms with Crippen LogP contribution < -0.4 is 5.32 Å². The molecule has 3 unspecified atom stereocenters. The van der Waals surface area contributed by atoms with Gasteiger partial charge in [-0.3, -0.25) is 0 Å². The van der Waals surface area contributed by atoms with Gasteiger partial charge in [0.05, 0.1) is 0 Å². The van der Waals surface area contributed by atoms with Crippen LogP contribution in [0.15, 0.2) is 30.3 Å². The number of hydrogen-bond acceptors (Lipinski definition) is 1. The number of fused-ring (bicyclic) bond motifs is 4. The summed E-state index contributed by atoms with van der Waals surface area (Å²) in [6.45, 7) is 5.25. The maximum Gasteiger partial charge on any atom is 0.00700 e. The first kappa shape index (κ1) is 13.6. The van der Waals surface area contributed by atoms with Crippen molar-refractivity contribution in [2.45, 2.75) is 52.0 Å². The zero-order chi connectivity index (χ0) is 12.8. The van der Waals surface area contributed by atoms with E-state index in [-0.39, 0.29) is 1.43 Å². The molecule has 1 aromatic carbocycles. The molecule has 2 aliphatic heterocycles. The van der Waals surface area contributed by atoms with Crippen molar-refractivity contribution in [1.82, 2.24) is 5.32 Å². The average molecular weight is 247 g/mol. The van der Waals surface area contributed by atoms with E-state index in [0.717, 1.165) is 17.9 Å². The molecule has 1 aromatic rings. The average Bonchev–Trinajstić information content (AvgIpc) is 2.77. The quantitative estimate of drug-likeness (QED) is 0.822. The van der Waals surface area contributed by atoms with Gasteiger partial charge >= 0.3 is 0 Å². The molecule has 0 aromatic heterocycles. The van der Waals surface area contributed by atoms with Gasteiger partial charge in [0.25, 0.3) is 0 Å². The highest BCUT2D eigenvalue weighted by Gasteiger charge is 2.32. The van der Waals surface area contributed by atoms with Crippen molar-refractivity contribution in [2.75, 3.05) is 6.54 Å². The zero-order valence-electron chi connectivity index (χ0n) is 11.9. The molecule has 0 radical (unpaired) electrons. The molecule has 1 N–H and O–H groups in total. The van der Waals surface area contributed by atoms with Crippen LogP contribution in [0.4, 0.5) is 0 Å². The van der Waals surface area contributed by atoms with Crippen molar-refractivity contribution < 1.29 is 1.43 Å². The van der Waals surface area contributed by atoms with Gasteiger partial charge in [-0.2, -0.15) is 0 Å². The standard InChI is InChI=1S/C15H21N.C2H6.H2/c1-2-4-12(5-3-1)10-14-11-15-7-6-13(14)8-9-16-15;1-2;/h1-5,13-16H,6-11H2;1-2H3;1H. The molecule has 1 heteroatoms. The summed E-state index contributed by atoms with van der Waals surface area (Å²) >= 11 is 0. The monoisotopic (exact) mass is 247 g/mol. The van der Waals surface area contributed by atoms with Crippen LogP contribution >= 0.6 is 0 Å². The molecule has 3 fully saturated rings. The molecule has 102 valence electrons. The molecule has 4 rings (SSSR count). The topological polar surface area (TPSA) is 12.0 Å². The Hall–Kier alpha value is -0.820. The van der Waals surface area contributed by atoms with Crippen LogP contribution in [0.2, 0.25) is 0 Å². The molecule has 18 heavy (non-hydrogen) atoms. The van der Waals surface area contributed by atoms with E-state index in [1.54, 1.807) is 0 Å². The van der Waals surface area contributed by atoms with Crippen molar-refractivity contribution >= 4 is 0 Å². The summed E-state index contributed by atoms with van der Waals surface area (Å²) in [6, 6.07) is 11.8. The first-order chi connectivity index (χ1) is 8.92. The number of hydrogen-bond donors (Lipinski definition) is 1. The molecular weight excluding hydrogens is 218 g/mol. The van der Waals surface area contributed by atoms with E-state index < -0.39 is 0 Å². The Bertz CT molecular complexity index is 334. The minimum atomic E-state index is 0. The second kappa shape index (κ2) is 6.94. The SMILES string of the molecule is CC.[HH].c1ccc(CC2CC3CCC2CCN3)cc1. The van der Waals surface area contributed by atoms with Gasteiger partial charge in [0.1, 0.15) is 0 Å². The maximum absolute atomic E-state index is 3.69. The number of rotatable bonds is 2. The van der Waals surface area contributed by atoms with Gasteiger partial charge in [-0.25, -0.2) is 0 Å².